The Balaban J connectivity index is 1.80. The molecule has 5 heteroatoms. The zero-order chi connectivity index (χ0) is 12.1. The van der Waals surface area contributed by atoms with Crippen molar-refractivity contribution < 1.29 is 0 Å². The van der Waals surface area contributed by atoms with E-state index in [0.29, 0.717) is 5.02 Å². The molecule has 0 bridgehead atoms. The average molecular weight is 287 g/mol. The first-order valence-electron chi connectivity index (χ1n) is 5.27. The summed E-state index contributed by atoms with van der Waals surface area (Å²) in [6, 6.07) is 5.50. The quantitative estimate of drug-likeness (QED) is 0.846. The molecular weight excluding hydrogens is 275 g/mol. The van der Waals surface area contributed by atoms with Crippen LogP contribution >= 0.6 is 34.5 Å². The van der Waals surface area contributed by atoms with Crippen LogP contribution in [0.5, 0.6) is 0 Å². The third kappa shape index (κ3) is 3.96. The maximum absolute atomic E-state index is 6.07. The summed E-state index contributed by atoms with van der Waals surface area (Å²) in [7, 11) is 0. The van der Waals surface area contributed by atoms with Crippen LogP contribution in [0.4, 0.5) is 0 Å². The normalized spacial score (nSPS) is 10.7. The Bertz CT molecular complexity index is 471. The molecule has 0 saturated heterocycles. The van der Waals surface area contributed by atoms with E-state index < -0.39 is 0 Å². The fourth-order valence-corrected chi connectivity index (χ4v) is 2.45. The van der Waals surface area contributed by atoms with E-state index >= 15 is 0 Å². The van der Waals surface area contributed by atoms with E-state index in [9.17, 15) is 0 Å². The van der Waals surface area contributed by atoms with E-state index in [0.717, 1.165) is 35.8 Å². The topological polar surface area (TPSA) is 24.9 Å². The summed E-state index contributed by atoms with van der Waals surface area (Å²) in [6.45, 7) is 1.61. The van der Waals surface area contributed by atoms with Gasteiger partial charge in [0.05, 0.1) is 11.2 Å². The molecule has 17 heavy (non-hydrogen) atoms. The highest BCUT2D eigenvalue weighted by molar-refractivity contribution is 7.07. The van der Waals surface area contributed by atoms with Crippen LogP contribution in [0.15, 0.2) is 29.1 Å². The molecule has 0 aliphatic rings. The lowest BCUT2D eigenvalue weighted by atomic mass is 10.2. The molecule has 1 aromatic heterocycles. The van der Waals surface area contributed by atoms with Gasteiger partial charge >= 0.3 is 0 Å². The highest BCUT2D eigenvalue weighted by atomic mass is 35.5. The number of rotatable bonds is 5. The van der Waals surface area contributed by atoms with E-state index in [1.54, 1.807) is 17.4 Å². The molecule has 2 aromatic rings. The fraction of sp³-hybridized carbons (Fsp3) is 0.250. The molecule has 0 aliphatic carbocycles. The van der Waals surface area contributed by atoms with Crippen LogP contribution in [0.3, 0.4) is 0 Å². The summed E-state index contributed by atoms with van der Waals surface area (Å²) in [5.41, 5.74) is 4.00. The highest BCUT2D eigenvalue weighted by Gasteiger charge is 2.01. The predicted molar refractivity (Wildman–Crippen MR) is 74.0 cm³/mol. The number of nitrogens with zero attached hydrogens (tertiary/aromatic N) is 1. The van der Waals surface area contributed by atoms with Gasteiger partial charge in [-0.25, -0.2) is 4.98 Å². The van der Waals surface area contributed by atoms with Crippen molar-refractivity contribution in [2.45, 2.75) is 13.0 Å². The molecule has 90 valence electrons. The molecule has 0 saturated carbocycles. The highest BCUT2D eigenvalue weighted by Crippen LogP contribution is 2.20. The van der Waals surface area contributed by atoms with Gasteiger partial charge in [-0.2, -0.15) is 0 Å². The summed E-state index contributed by atoms with van der Waals surface area (Å²) in [6.07, 6.45) is 0.932. The molecule has 0 spiro atoms. The Kier molecular flexibility index (Phi) is 4.80. The molecule has 0 unspecified atom stereocenters. The summed E-state index contributed by atoms with van der Waals surface area (Å²) < 4.78 is 0. The van der Waals surface area contributed by atoms with Crippen molar-refractivity contribution in [1.29, 1.82) is 0 Å². The molecule has 1 aromatic carbocycles. The van der Waals surface area contributed by atoms with Gasteiger partial charge in [0, 0.05) is 34.9 Å². The van der Waals surface area contributed by atoms with Crippen LogP contribution < -0.4 is 5.32 Å². The number of halogens is 2. The molecule has 0 aliphatic heterocycles. The molecule has 0 radical (unpaired) electrons. The Hall–Kier alpha value is -0.610. The van der Waals surface area contributed by atoms with Gasteiger partial charge < -0.3 is 5.32 Å². The van der Waals surface area contributed by atoms with Gasteiger partial charge in [0.15, 0.2) is 0 Å². The number of benzene rings is 1. The molecular formula is C12H12Cl2N2S. The number of hydrogen-bond acceptors (Lipinski definition) is 3. The van der Waals surface area contributed by atoms with Crippen LogP contribution in [0.25, 0.3) is 0 Å². The third-order valence-corrected chi connectivity index (χ3v) is 3.60. The van der Waals surface area contributed by atoms with Crippen LogP contribution in [0.1, 0.15) is 11.3 Å². The SMILES string of the molecule is Clc1ccc(Cl)c(CNCCc2cscn2)c1. The van der Waals surface area contributed by atoms with E-state index in [1.165, 1.54) is 0 Å². The molecule has 0 atom stereocenters. The van der Waals surface area contributed by atoms with Crippen LogP contribution in [-0.2, 0) is 13.0 Å². The summed E-state index contributed by atoms with van der Waals surface area (Å²) in [4.78, 5) is 4.22. The van der Waals surface area contributed by atoms with Gasteiger partial charge in [0.2, 0.25) is 0 Å². The van der Waals surface area contributed by atoms with E-state index in [1.807, 2.05) is 17.6 Å². The second kappa shape index (κ2) is 6.36. The van der Waals surface area contributed by atoms with Gasteiger partial charge in [0.25, 0.3) is 0 Å². The van der Waals surface area contributed by atoms with Crippen molar-refractivity contribution in [3.05, 3.63) is 50.4 Å². The Morgan fingerprint density at radius 2 is 2.18 bits per heavy atom. The first-order valence-corrected chi connectivity index (χ1v) is 6.97. The predicted octanol–water partition coefficient (Wildman–Crippen LogP) is 3.78. The maximum Gasteiger partial charge on any atom is 0.0794 e. The molecule has 2 rings (SSSR count). The van der Waals surface area contributed by atoms with E-state index in [-0.39, 0.29) is 0 Å². The van der Waals surface area contributed by atoms with Crippen molar-refractivity contribution in [1.82, 2.24) is 10.3 Å². The van der Waals surface area contributed by atoms with Gasteiger partial charge in [0.1, 0.15) is 0 Å². The van der Waals surface area contributed by atoms with Crippen molar-refractivity contribution in [3.63, 3.8) is 0 Å². The minimum atomic E-state index is 0.714. The summed E-state index contributed by atoms with van der Waals surface area (Å²) in [5, 5.41) is 6.85. The lowest BCUT2D eigenvalue weighted by molar-refractivity contribution is 0.681. The third-order valence-electron chi connectivity index (χ3n) is 2.36. The lowest BCUT2D eigenvalue weighted by Crippen LogP contribution is -2.17. The zero-order valence-corrected chi connectivity index (χ0v) is 11.4. The first kappa shape index (κ1) is 12.8. The molecule has 1 heterocycles. The number of aromatic nitrogens is 1. The standard InChI is InChI=1S/C12H12Cl2N2S/c13-10-1-2-12(14)9(5-10)6-15-4-3-11-7-17-8-16-11/h1-2,5,7-8,15H,3-4,6H2. The largest absolute Gasteiger partial charge is 0.312 e. The van der Waals surface area contributed by atoms with E-state index in [4.69, 9.17) is 23.2 Å². The Morgan fingerprint density at radius 3 is 2.94 bits per heavy atom. The summed E-state index contributed by atoms with van der Waals surface area (Å²) in [5.74, 6) is 0. The van der Waals surface area contributed by atoms with Crippen LogP contribution in [0, 0.1) is 0 Å². The number of nitrogens with one attached hydrogen (secondary N) is 1. The molecule has 0 amide bonds. The van der Waals surface area contributed by atoms with Crippen LogP contribution in [-0.4, -0.2) is 11.5 Å². The second-order valence-corrected chi connectivity index (χ2v) is 5.20. The molecule has 1 N–H and O–H groups in total. The zero-order valence-electron chi connectivity index (χ0n) is 9.12. The van der Waals surface area contributed by atoms with Gasteiger partial charge in [-0.1, -0.05) is 23.2 Å². The molecule has 0 fully saturated rings. The molecule has 2 nitrogen and oxygen atoms in total. The van der Waals surface area contributed by atoms with Crippen molar-refractivity contribution in [2.75, 3.05) is 6.54 Å². The maximum atomic E-state index is 6.07. The monoisotopic (exact) mass is 286 g/mol. The first-order chi connectivity index (χ1) is 8.25. The van der Waals surface area contributed by atoms with Crippen molar-refractivity contribution in [2.24, 2.45) is 0 Å². The van der Waals surface area contributed by atoms with Gasteiger partial charge in [-0.3, -0.25) is 0 Å². The minimum absolute atomic E-state index is 0.714. The lowest BCUT2D eigenvalue weighted by Gasteiger charge is -2.06. The Morgan fingerprint density at radius 1 is 1.29 bits per heavy atom. The smallest absolute Gasteiger partial charge is 0.0794 e. The van der Waals surface area contributed by atoms with E-state index in [2.05, 4.69) is 15.7 Å². The van der Waals surface area contributed by atoms with Gasteiger partial charge in [-0.15, -0.1) is 11.3 Å². The van der Waals surface area contributed by atoms with Crippen molar-refractivity contribution in [3.8, 4) is 0 Å². The average Bonchev–Trinajstić information content (AvgIpc) is 2.82. The fourth-order valence-electron chi connectivity index (χ4n) is 1.48. The van der Waals surface area contributed by atoms with Crippen molar-refractivity contribution >= 4 is 34.5 Å². The van der Waals surface area contributed by atoms with Gasteiger partial charge in [-0.05, 0) is 23.8 Å². The summed E-state index contributed by atoms with van der Waals surface area (Å²) >= 11 is 13.6. The van der Waals surface area contributed by atoms with Crippen LogP contribution in [0.2, 0.25) is 10.0 Å². The minimum Gasteiger partial charge on any atom is -0.312 e. The Labute approximate surface area is 115 Å². The second-order valence-electron chi connectivity index (χ2n) is 3.64. The number of thiazole rings is 1. The number of hydrogen-bond donors (Lipinski definition) is 1.